The lowest BCUT2D eigenvalue weighted by atomic mass is 9.74. The second kappa shape index (κ2) is 4.68. The number of hydrogen-bond acceptors (Lipinski definition) is 3. The molecule has 0 radical (unpaired) electrons. The van der Waals surface area contributed by atoms with E-state index >= 15 is 0 Å². The third-order valence-electron chi connectivity index (χ3n) is 3.70. The van der Waals surface area contributed by atoms with Gasteiger partial charge in [0, 0.05) is 12.0 Å². The first kappa shape index (κ1) is 11.8. The molecule has 1 fully saturated rings. The molecule has 0 aliphatic carbocycles. The van der Waals surface area contributed by atoms with Gasteiger partial charge in [-0.2, -0.15) is 0 Å². The van der Waals surface area contributed by atoms with Crippen LogP contribution < -0.4 is 5.32 Å². The Kier molecular flexibility index (Phi) is 3.45. The second-order valence-electron chi connectivity index (χ2n) is 4.68. The Hall–Kier alpha value is -0.670. The zero-order valence-corrected chi connectivity index (χ0v) is 10.8. The van der Waals surface area contributed by atoms with Crippen LogP contribution in [0, 0.1) is 12.3 Å². The van der Waals surface area contributed by atoms with E-state index in [9.17, 15) is 4.79 Å². The van der Waals surface area contributed by atoms with E-state index in [0.717, 1.165) is 42.8 Å². The third-order valence-corrected chi connectivity index (χ3v) is 4.71. The highest BCUT2D eigenvalue weighted by Gasteiger charge is 2.39. The van der Waals surface area contributed by atoms with Crippen LogP contribution in [0.3, 0.4) is 0 Å². The van der Waals surface area contributed by atoms with Crippen molar-refractivity contribution >= 4 is 17.1 Å². The molecule has 3 heteroatoms. The SMILES string of the molecule is CCC1(C(=O)c2sccc2C)CCCNC1. The average Bonchev–Trinajstić information content (AvgIpc) is 2.75. The summed E-state index contributed by atoms with van der Waals surface area (Å²) in [6, 6.07) is 2.04. The van der Waals surface area contributed by atoms with Crippen LogP contribution in [0.5, 0.6) is 0 Å². The minimum Gasteiger partial charge on any atom is -0.316 e. The zero-order chi connectivity index (χ0) is 11.6. The highest BCUT2D eigenvalue weighted by molar-refractivity contribution is 7.12. The van der Waals surface area contributed by atoms with Gasteiger partial charge in [0.25, 0.3) is 0 Å². The number of ketones is 1. The molecule has 88 valence electrons. The van der Waals surface area contributed by atoms with E-state index in [1.807, 2.05) is 18.4 Å². The Bertz CT molecular complexity index is 377. The molecule has 0 aromatic carbocycles. The van der Waals surface area contributed by atoms with Crippen LogP contribution in [0.1, 0.15) is 41.4 Å². The Labute approximate surface area is 101 Å². The number of rotatable bonds is 3. The maximum Gasteiger partial charge on any atom is 0.180 e. The van der Waals surface area contributed by atoms with Gasteiger partial charge in [-0.1, -0.05) is 6.92 Å². The van der Waals surface area contributed by atoms with Gasteiger partial charge < -0.3 is 5.32 Å². The van der Waals surface area contributed by atoms with Crippen molar-refractivity contribution < 1.29 is 4.79 Å². The summed E-state index contributed by atoms with van der Waals surface area (Å²) in [5.74, 6) is 0.356. The van der Waals surface area contributed by atoms with Crippen LogP contribution >= 0.6 is 11.3 Å². The molecule has 1 atom stereocenters. The van der Waals surface area contributed by atoms with Crippen LogP contribution in [-0.4, -0.2) is 18.9 Å². The van der Waals surface area contributed by atoms with E-state index in [1.54, 1.807) is 11.3 Å². The number of hydrogen-bond donors (Lipinski definition) is 1. The number of carbonyl (C=O) groups is 1. The lowest BCUT2D eigenvalue weighted by Crippen LogP contribution is -2.45. The molecule has 16 heavy (non-hydrogen) atoms. The van der Waals surface area contributed by atoms with Gasteiger partial charge in [-0.3, -0.25) is 4.79 Å². The molecule has 1 aliphatic heterocycles. The third kappa shape index (κ3) is 1.94. The summed E-state index contributed by atoms with van der Waals surface area (Å²) in [4.78, 5) is 13.6. The number of carbonyl (C=O) groups excluding carboxylic acids is 1. The van der Waals surface area contributed by atoms with E-state index in [0.29, 0.717) is 5.78 Å². The van der Waals surface area contributed by atoms with Crippen molar-refractivity contribution in [3.8, 4) is 0 Å². The lowest BCUT2D eigenvalue weighted by molar-refractivity contribution is 0.0734. The lowest BCUT2D eigenvalue weighted by Gasteiger charge is -2.35. The first-order valence-electron chi connectivity index (χ1n) is 5.99. The predicted octanol–water partition coefficient (Wildman–Crippen LogP) is 3.02. The van der Waals surface area contributed by atoms with Crippen LogP contribution in [-0.2, 0) is 0 Å². The van der Waals surface area contributed by atoms with Gasteiger partial charge in [-0.15, -0.1) is 11.3 Å². The van der Waals surface area contributed by atoms with E-state index in [2.05, 4.69) is 12.2 Å². The van der Waals surface area contributed by atoms with E-state index < -0.39 is 0 Å². The number of thiophene rings is 1. The van der Waals surface area contributed by atoms with Gasteiger partial charge in [-0.25, -0.2) is 0 Å². The summed E-state index contributed by atoms with van der Waals surface area (Å²) in [6.07, 6.45) is 3.09. The first-order chi connectivity index (χ1) is 7.69. The normalized spacial score (nSPS) is 25.6. The molecular formula is C13H19NOS. The summed E-state index contributed by atoms with van der Waals surface area (Å²) in [5.41, 5.74) is 0.988. The number of Topliss-reactive ketones (excluding diaryl/α,β-unsaturated/α-hetero) is 1. The number of aryl methyl sites for hydroxylation is 1. The average molecular weight is 237 g/mol. The largest absolute Gasteiger partial charge is 0.316 e. The molecular weight excluding hydrogens is 218 g/mol. The fraction of sp³-hybridized carbons (Fsp3) is 0.615. The molecule has 1 saturated heterocycles. The van der Waals surface area contributed by atoms with Crippen LogP contribution in [0.15, 0.2) is 11.4 Å². The monoisotopic (exact) mass is 237 g/mol. The Morgan fingerprint density at radius 1 is 1.62 bits per heavy atom. The summed E-state index contributed by atoms with van der Waals surface area (Å²) in [5, 5.41) is 5.39. The van der Waals surface area contributed by atoms with Crippen LogP contribution in [0.2, 0.25) is 0 Å². The standard InChI is InChI=1S/C13H19NOS/c1-3-13(6-4-7-14-9-13)12(15)11-10(2)5-8-16-11/h5,8,14H,3-4,6-7,9H2,1-2H3. The Morgan fingerprint density at radius 2 is 2.44 bits per heavy atom. The first-order valence-corrected chi connectivity index (χ1v) is 6.87. The van der Waals surface area contributed by atoms with Gasteiger partial charge in [-0.05, 0) is 49.7 Å². The molecule has 1 N–H and O–H groups in total. The molecule has 0 saturated carbocycles. The summed E-state index contributed by atoms with van der Waals surface area (Å²) in [7, 11) is 0. The fourth-order valence-corrected chi connectivity index (χ4v) is 3.46. The van der Waals surface area contributed by atoms with Crippen molar-refractivity contribution in [2.45, 2.75) is 33.1 Å². The maximum atomic E-state index is 12.6. The van der Waals surface area contributed by atoms with Crippen molar-refractivity contribution in [3.63, 3.8) is 0 Å². The van der Waals surface area contributed by atoms with Crippen molar-refractivity contribution in [1.29, 1.82) is 0 Å². The topological polar surface area (TPSA) is 29.1 Å². The van der Waals surface area contributed by atoms with E-state index in [-0.39, 0.29) is 5.41 Å². The molecule has 0 bridgehead atoms. The van der Waals surface area contributed by atoms with Gasteiger partial charge in [0.1, 0.15) is 0 Å². The second-order valence-corrected chi connectivity index (χ2v) is 5.59. The van der Waals surface area contributed by atoms with Gasteiger partial charge >= 0.3 is 0 Å². The van der Waals surface area contributed by atoms with Crippen LogP contribution in [0.25, 0.3) is 0 Å². The molecule has 1 unspecified atom stereocenters. The van der Waals surface area contributed by atoms with E-state index in [4.69, 9.17) is 0 Å². The molecule has 0 amide bonds. The van der Waals surface area contributed by atoms with Crippen molar-refractivity contribution in [2.24, 2.45) is 5.41 Å². The smallest absolute Gasteiger partial charge is 0.180 e. The molecule has 2 rings (SSSR count). The quantitative estimate of drug-likeness (QED) is 0.819. The zero-order valence-electron chi connectivity index (χ0n) is 10.0. The van der Waals surface area contributed by atoms with Crippen molar-refractivity contribution in [3.05, 3.63) is 21.9 Å². The molecule has 2 heterocycles. The number of piperidine rings is 1. The van der Waals surface area contributed by atoms with Crippen LogP contribution in [0.4, 0.5) is 0 Å². The van der Waals surface area contributed by atoms with Gasteiger partial charge in [0.15, 0.2) is 5.78 Å². The minimum absolute atomic E-state index is 0.145. The summed E-state index contributed by atoms with van der Waals surface area (Å²) >= 11 is 1.59. The highest BCUT2D eigenvalue weighted by atomic mass is 32.1. The molecule has 2 nitrogen and oxygen atoms in total. The number of nitrogens with one attached hydrogen (secondary N) is 1. The summed E-state index contributed by atoms with van der Waals surface area (Å²) < 4.78 is 0. The molecule has 1 aliphatic rings. The Balaban J connectivity index is 2.28. The Morgan fingerprint density at radius 3 is 2.94 bits per heavy atom. The fourth-order valence-electron chi connectivity index (χ4n) is 2.47. The minimum atomic E-state index is -0.145. The molecule has 1 aromatic rings. The maximum absolute atomic E-state index is 12.6. The van der Waals surface area contributed by atoms with Gasteiger partial charge in [0.2, 0.25) is 0 Å². The molecule has 1 aromatic heterocycles. The van der Waals surface area contributed by atoms with E-state index in [1.165, 1.54) is 0 Å². The molecule has 0 spiro atoms. The van der Waals surface area contributed by atoms with Gasteiger partial charge in [0.05, 0.1) is 4.88 Å². The van der Waals surface area contributed by atoms with Crippen molar-refractivity contribution in [1.82, 2.24) is 5.32 Å². The summed E-state index contributed by atoms with van der Waals surface area (Å²) in [6.45, 7) is 6.06. The van der Waals surface area contributed by atoms with Crippen molar-refractivity contribution in [2.75, 3.05) is 13.1 Å². The highest BCUT2D eigenvalue weighted by Crippen LogP contribution is 2.36. The predicted molar refractivity (Wildman–Crippen MR) is 68.2 cm³/mol.